The largest absolute Gasteiger partial charge is 0.444 e. The summed E-state index contributed by atoms with van der Waals surface area (Å²) in [6.07, 6.45) is 3.59. The molecule has 0 atom stereocenters. The number of H-pyrrole nitrogens is 1. The zero-order chi connectivity index (χ0) is 15.3. The number of alkyl carbamates (subject to hydrolysis) is 1. The number of rotatable bonds is 4. The first-order valence-electron chi connectivity index (χ1n) is 7.37. The molecule has 0 saturated heterocycles. The van der Waals surface area contributed by atoms with E-state index in [9.17, 15) is 4.79 Å². The SMILES string of the molecule is CC(C)(C)OC(=O)NC1CCC(NCc2nn[nH]n2)CC1. The summed E-state index contributed by atoms with van der Waals surface area (Å²) in [5.74, 6) is 0.670. The summed E-state index contributed by atoms with van der Waals surface area (Å²) in [6, 6.07) is 0.628. The second kappa shape index (κ2) is 6.84. The molecule has 1 aromatic rings. The molecule has 1 aromatic heterocycles. The normalized spacial score (nSPS) is 22.8. The Hall–Kier alpha value is -1.70. The van der Waals surface area contributed by atoms with Crippen molar-refractivity contribution in [3.63, 3.8) is 0 Å². The van der Waals surface area contributed by atoms with Crippen LogP contribution >= 0.6 is 0 Å². The number of carbonyl (C=O) groups is 1. The van der Waals surface area contributed by atoms with Crippen molar-refractivity contribution in [2.45, 2.75) is 70.7 Å². The molecule has 21 heavy (non-hydrogen) atoms. The summed E-state index contributed by atoms with van der Waals surface area (Å²) < 4.78 is 5.27. The van der Waals surface area contributed by atoms with E-state index in [0.717, 1.165) is 25.7 Å². The molecule has 0 aliphatic heterocycles. The van der Waals surface area contributed by atoms with Crippen LogP contribution in [0.5, 0.6) is 0 Å². The zero-order valence-electron chi connectivity index (χ0n) is 12.8. The number of aromatic amines is 1. The topological polar surface area (TPSA) is 105 Å². The van der Waals surface area contributed by atoms with Crippen molar-refractivity contribution in [2.75, 3.05) is 0 Å². The summed E-state index contributed by atoms with van der Waals surface area (Å²) in [5.41, 5.74) is -0.451. The number of ether oxygens (including phenoxy) is 1. The van der Waals surface area contributed by atoms with E-state index in [4.69, 9.17) is 4.74 Å². The Kier molecular flexibility index (Phi) is 5.11. The van der Waals surface area contributed by atoms with E-state index in [-0.39, 0.29) is 12.1 Å². The number of nitrogens with one attached hydrogen (secondary N) is 3. The quantitative estimate of drug-likeness (QED) is 0.769. The van der Waals surface area contributed by atoms with E-state index in [1.165, 1.54) is 0 Å². The Morgan fingerprint density at radius 3 is 2.52 bits per heavy atom. The summed E-state index contributed by atoms with van der Waals surface area (Å²) in [4.78, 5) is 11.7. The van der Waals surface area contributed by atoms with Crippen molar-refractivity contribution in [3.8, 4) is 0 Å². The van der Waals surface area contributed by atoms with Crippen molar-refractivity contribution < 1.29 is 9.53 Å². The molecule has 0 bridgehead atoms. The van der Waals surface area contributed by atoms with Gasteiger partial charge in [-0.1, -0.05) is 5.21 Å². The van der Waals surface area contributed by atoms with Gasteiger partial charge >= 0.3 is 6.09 Å². The maximum absolute atomic E-state index is 11.7. The van der Waals surface area contributed by atoms with Gasteiger partial charge in [-0.2, -0.15) is 5.21 Å². The lowest BCUT2D eigenvalue weighted by molar-refractivity contribution is 0.0489. The predicted molar refractivity (Wildman–Crippen MR) is 76.4 cm³/mol. The van der Waals surface area contributed by atoms with Crippen LogP contribution in [-0.4, -0.2) is 44.4 Å². The van der Waals surface area contributed by atoms with Crippen LogP contribution in [0.1, 0.15) is 52.3 Å². The number of hydrogen-bond donors (Lipinski definition) is 3. The van der Waals surface area contributed by atoms with Gasteiger partial charge in [0, 0.05) is 12.1 Å². The molecule has 1 aliphatic rings. The fourth-order valence-electron chi connectivity index (χ4n) is 2.41. The van der Waals surface area contributed by atoms with Gasteiger partial charge in [0.15, 0.2) is 5.82 Å². The standard InChI is InChI=1S/C13H24N6O2/c1-13(2,3)21-12(20)15-10-6-4-9(5-7-10)14-8-11-16-18-19-17-11/h9-10,14H,4-8H2,1-3H3,(H,15,20)(H,16,17,18,19). The fraction of sp³-hybridized carbons (Fsp3) is 0.846. The average molecular weight is 296 g/mol. The van der Waals surface area contributed by atoms with Gasteiger partial charge in [0.05, 0.1) is 6.54 Å². The van der Waals surface area contributed by atoms with Crippen LogP contribution in [-0.2, 0) is 11.3 Å². The molecule has 0 aromatic carbocycles. The molecule has 1 amide bonds. The highest BCUT2D eigenvalue weighted by Crippen LogP contribution is 2.19. The molecule has 3 N–H and O–H groups in total. The molecule has 1 fully saturated rings. The van der Waals surface area contributed by atoms with Gasteiger partial charge in [-0.05, 0) is 46.5 Å². The lowest BCUT2D eigenvalue weighted by atomic mass is 9.91. The first-order valence-corrected chi connectivity index (χ1v) is 7.37. The Balaban J connectivity index is 1.65. The highest BCUT2D eigenvalue weighted by molar-refractivity contribution is 5.68. The summed E-state index contributed by atoms with van der Waals surface area (Å²) in [5, 5.41) is 20.1. The van der Waals surface area contributed by atoms with Crippen molar-refractivity contribution in [2.24, 2.45) is 0 Å². The van der Waals surface area contributed by atoms with Crippen LogP contribution in [0.3, 0.4) is 0 Å². The number of tetrazole rings is 1. The molecular weight excluding hydrogens is 272 g/mol. The lowest BCUT2D eigenvalue weighted by Gasteiger charge is -2.30. The van der Waals surface area contributed by atoms with Crippen molar-refractivity contribution in [3.05, 3.63) is 5.82 Å². The average Bonchev–Trinajstić information content (AvgIpc) is 2.89. The molecule has 0 radical (unpaired) electrons. The first kappa shape index (κ1) is 15.7. The maximum Gasteiger partial charge on any atom is 0.407 e. The molecule has 8 heteroatoms. The summed E-state index contributed by atoms with van der Waals surface area (Å²) in [7, 11) is 0. The Labute approximate surface area is 124 Å². The number of nitrogens with zero attached hydrogens (tertiary/aromatic N) is 3. The van der Waals surface area contributed by atoms with Gasteiger partial charge in [-0.3, -0.25) is 0 Å². The summed E-state index contributed by atoms with van der Waals surface area (Å²) >= 11 is 0. The van der Waals surface area contributed by atoms with Crippen LogP contribution in [0.4, 0.5) is 4.79 Å². The van der Waals surface area contributed by atoms with E-state index in [2.05, 4.69) is 31.3 Å². The molecule has 2 rings (SSSR count). The van der Waals surface area contributed by atoms with Crippen LogP contribution in [0.15, 0.2) is 0 Å². The molecular formula is C13H24N6O2. The second-order valence-corrected chi connectivity index (χ2v) is 6.40. The first-order chi connectivity index (χ1) is 9.92. The monoisotopic (exact) mass is 296 g/mol. The molecule has 0 unspecified atom stereocenters. The Morgan fingerprint density at radius 1 is 1.29 bits per heavy atom. The Morgan fingerprint density at radius 2 is 1.95 bits per heavy atom. The minimum Gasteiger partial charge on any atom is -0.444 e. The third-order valence-corrected chi connectivity index (χ3v) is 3.39. The van der Waals surface area contributed by atoms with Gasteiger partial charge < -0.3 is 15.4 Å². The number of hydrogen-bond acceptors (Lipinski definition) is 6. The van der Waals surface area contributed by atoms with Gasteiger partial charge in [-0.25, -0.2) is 4.79 Å². The van der Waals surface area contributed by atoms with Crippen molar-refractivity contribution in [1.29, 1.82) is 0 Å². The molecule has 1 saturated carbocycles. The van der Waals surface area contributed by atoms with Crippen LogP contribution < -0.4 is 10.6 Å². The van der Waals surface area contributed by atoms with E-state index >= 15 is 0 Å². The van der Waals surface area contributed by atoms with Gasteiger partial charge in [-0.15, -0.1) is 10.2 Å². The van der Waals surface area contributed by atoms with E-state index < -0.39 is 5.60 Å². The lowest BCUT2D eigenvalue weighted by Crippen LogP contribution is -2.43. The van der Waals surface area contributed by atoms with Gasteiger partial charge in [0.2, 0.25) is 0 Å². The highest BCUT2D eigenvalue weighted by Gasteiger charge is 2.24. The number of aromatic nitrogens is 4. The van der Waals surface area contributed by atoms with E-state index in [0.29, 0.717) is 18.4 Å². The molecule has 0 spiro atoms. The van der Waals surface area contributed by atoms with Crippen molar-refractivity contribution in [1.82, 2.24) is 31.3 Å². The van der Waals surface area contributed by atoms with Crippen LogP contribution in [0.25, 0.3) is 0 Å². The minimum atomic E-state index is -0.451. The highest BCUT2D eigenvalue weighted by atomic mass is 16.6. The molecule has 8 nitrogen and oxygen atoms in total. The predicted octanol–water partition coefficient (Wildman–Crippen LogP) is 1.13. The summed E-state index contributed by atoms with van der Waals surface area (Å²) in [6.45, 7) is 6.22. The van der Waals surface area contributed by atoms with Crippen molar-refractivity contribution >= 4 is 6.09 Å². The maximum atomic E-state index is 11.7. The number of carbonyl (C=O) groups excluding carboxylic acids is 1. The van der Waals surface area contributed by atoms with E-state index in [1.54, 1.807) is 0 Å². The van der Waals surface area contributed by atoms with Crippen LogP contribution in [0.2, 0.25) is 0 Å². The zero-order valence-corrected chi connectivity index (χ0v) is 12.8. The van der Waals surface area contributed by atoms with Gasteiger partial charge in [0.25, 0.3) is 0 Å². The third-order valence-electron chi connectivity index (χ3n) is 3.39. The van der Waals surface area contributed by atoms with Crippen LogP contribution in [0, 0.1) is 0 Å². The van der Waals surface area contributed by atoms with E-state index in [1.807, 2.05) is 20.8 Å². The second-order valence-electron chi connectivity index (χ2n) is 6.40. The molecule has 1 heterocycles. The smallest absolute Gasteiger partial charge is 0.407 e. The fourth-order valence-corrected chi connectivity index (χ4v) is 2.41. The Bertz CT molecular complexity index is 434. The number of amides is 1. The minimum absolute atomic E-state index is 0.197. The molecule has 1 aliphatic carbocycles. The third kappa shape index (κ3) is 5.66. The molecule has 118 valence electrons. The van der Waals surface area contributed by atoms with Gasteiger partial charge in [0.1, 0.15) is 5.60 Å².